The lowest BCUT2D eigenvalue weighted by molar-refractivity contribution is -0.141. The molecule has 0 bridgehead atoms. The van der Waals surface area contributed by atoms with E-state index in [1.165, 1.54) is 6.42 Å². The first-order chi connectivity index (χ1) is 11.8. The summed E-state index contributed by atoms with van der Waals surface area (Å²) in [6, 6.07) is 10.0. The molecule has 1 atom stereocenters. The molecule has 0 heterocycles. The number of Topliss-reactive ketones (excluding diaryl/α,β-unsaturated/α-hetero) is 1. The van der Waals surface area contributed by atoms with Gasteiger partial charge < -0.3 is 9.47 Å². The predicted octanol–water partition coefficient (Wildman–Crippen LogP) is 5.20. The van der Waals surface area contributed by atoms with Crippen LogP contribution in [-0.2, 0) is 20.9 Å². The van der Waals surface area contributed by atoms with E-state index in [1.54, 1.807) is 0 Å². The molecule has 1 unspecified atom stereocenters. The lowest BCUT2D eigenvalue weighted by Gasteiger charge is -2.20. The number of carbonyl (C=O) groups excluding carboxylic acids is 1. The fraction of sp³-hybridized carbons (Fsp3) is 0.571. The van der Waals surface area contributed by atoms with E-state index < -0.39 is 0 Å². The highest BCUT2D eigenvalue weighted by Gasteiger charge is 2.23. The number of rotatable bonds is 11. The Bertz CT molecular complexity index is 507. The summed E-state index contributed by atoms with van der Waals surface area (Å²) in [5, 5.41) is 0. The highest BCUT2D eigenvalue weighted by Crippen LogP contribution is 2.22. The number of benzene rings is 1. The molecule has 132 valence electrons. The van der Waals surface area contributed by atoms with E-state index in [0.29, 0.717) is 6.61 Å². The molecule has 24 heavy (non-hydrogen) atoms. The number of ketones is 1. The molecule has 0 N–H and O–H groups in total. The van der Waals surface area contributed by atoms with Crippen LogP contribution in [0.2, 0.25) is 0 Å². The van der Waals surface area contributed by atoms with Crippen molar-refractivity contribution in [3.05, 3.63) is 47.5 Å². The average molecular weight is 330 g/mol. The fourth-order valence-electron chi connectivity index (χ4n) is 3.00. The summed E-state index contributed by atoms with van der Waals surface area (Å²) < 4.78 is 11.4. The van der Waals surface area contributed by atoms with Crippen LogP contribution in [0.15, 0.2) is 42.0 Å². The van der Waals surface area contributed by atoms with Gasteiger partial charge in [-0.2, -0.15) is 0 Å². The van der Waals surface area contributed by atoms with Gasteiger partial charge in [0.1, 0.15) is 12.9 Å². The lowest BCUT2D eigenvalue weighted by Crippen LogP contribution is -2.27. The second kappa shape index (κ2) is 11.2. The van der Waals surface area contributed by atoms with Crippen LogP contribution in [0.5, 0.6) is 0 Å². The SMILES string of the molecule is CCCCCC(OCOCc1ccccc1)C(=O)C1=CCCCC1. The zero-order chi connectivity index (χ0) is 17.0. The van der Waals surface area contributed by atoms with Crippen molar-refractivity contribution in [2.75, 3.05) is 6.79 Å². The highest BCUT2D eigenvalue weighted by atomic mass is 16.7. The van der Waals surface area contributed by atoms with Crippen molar-refractivity contribution in [2.24, 2.45) is 0 Å². The van der Waals surface area contributed by atoms with E-state index in [1.807, 2.05) is 30.3 Å². The minimum absolute atomic E-state index is 0.171. The first-order valence-corrected chi connectivity index (χ1v) is 9.27. The maximum absolute atomic E-state index is 12.7. The zero-order valence-electron chi connectivity index (χ0n) is 14.8. The van der Waals surface area contributed by atoms with Crippen LogP contribution >= 0.6 is 0 Å². The van der Waals surface area contributed by atoms with Crippen LogP contribution in [-0.4, -0.2) is 18.7 Å². The van der Waals surface area contributed by atoms with Gasteiger partial charge in [0.2, 0.25) is 0 Å². The fourth-order valence-corrected chi connectivity index (χ4v) is 3.00. The Morgan fingerprint density at radius 1 is 1.17 bits per heavy atom. The van der Waals surface area contributed by atoms with Gasteiger partial charge in [0.25, 0.3) is 0 Å². The van der Waals surface area contributed by atoms with E-state index in [0.717, 1.165) is 56.1 Å². The van der Waals surface area contributed by atoms with E-state index in [4.69, 9.17) is 9.47 Å². The minimum Gasteiger partial charge on any atom is -0.351 e. The third kappa shape index (κ3) is 6.58. The summed E-state index contributed by atoms with van der Waals surface area (Å²) in [7, 11) is 0. The molecule has 1 aromatic rings. The summed E-state index contributed by atoms with van der Waals surface area (Å²) in [6.45, 7) is 2.86. The molecule has 1 aliphatic rings. The highest BCUT2D eigenvalue weighted by molar-refractivity contribution is 5.98. The molecule has 0 amide bonds. The molecule has 1 aromatic carbocycles. The molecule has 2 rings (SSSR count). The van der Waals surface area contributed by atoms with Gasteiger partial charge in [-0.25, -0.2) is 0 Å². The predicted molar refractivity (Wildman–Crippen MR) is 96.7 cm³/mol. The van der Waals surface area contributed by atoms with Crippen molar-refractivity contribution in [1.82, 2.24) is 0 Å². The summed E-state index contributed by atoms with van der Waals surface area (Å²) in [5.41, 5.74) is 2.08. The van der Waals surface area contributed by atoms with Crippen molar-refractivity contribution in [2.45, 2.75) is 71.0 Å². The van der Waals surface area contributed by atoms with Gasteiger partial charge in [-0.3, -0.25) is 4.79 Å². The van der Waals surface area contributed by atoms with Gasteiger partial charge in [-0.05, 0) is 43.2 Å². The Labute approximate surface area is 146 Å². The van der Waals surface area contributed by atoms with Crippen LogP contribution in [0.1, 0.15) is 63.9 Å². The Balaban J connectivity index is 1.81. The third-order valence-corrected chi connectivity index (χ3v) is 4.43. The molecular weight excluding hydrogens is 300 g/mol. The number of ether oxygens (including phenoxy) is 2. The molecule has 0 saturated carbocycles. The van der Waals surface area contributed by atoms with Gasteiger partial charge in [0.15, 0.2) is 5.78 Å². The number of allylic oxidation sites excluding steroid dienone is 1. The van der Waals surface area contributed by atoms with E-state index in [-0.39, 0.29) is 18.7 Å². The topological polar surface area (TPSA) is 35.5 Å². The van der Waals surface area contributed by atoms with Crippen LogP contribution in [0, 0.1) is 0 Å². The zero-order valence-corrected chi connectivity index (χ0v) is 14.8. The largest absolute Gasteiger partial charge is 0.351 e. The van der Waals surface area contributed by atoms with Crippen molar-refractivity contribution in [1.29, 1.82) is 0 Å². The van der Waals surface area contributed by atoms with Crippen LogP contribution < -0.4 is 0 Å². The van der Waals surface area contributed by atoms with Gasteiger partial charge in [0.05, 0.1) is 6.61 Å². The smallest absolute Gasteiger partial charge is 0.187 e. The summed E-state index contributed by atoms with van der Waals surface area (Å²) in [6.07, 6.45) is 10.1. The molecule has 0 aliphatic heterocycles. The van der Waals surface area contributed by atoms with Crippen LogP contribution in [0.4, 0.5) is 0 Å². The summed E-state index contributed by atoms with van der Waals surface area (Å²) >= 11 is 0. The van der Waals surface area contributed by atoms with Crippen molar-refractivity contribution in [3.8, 4) is 0 Å². The van der Waals surface area contributed by atoms with Crippen molar-refractivity contribution < 1.29 is 14.3 Å². The van der Waals surface area contributed by atoms with E-state index >= 15 is 0 Å². The van der Waals surface area contributed by atoms with Crippen molar-refractivity contribution in [3.63, 3.8) is 0 Å². The molecule has 0 saturated heterocycles. The lowest BCUT2D eigenvalue weighted by atomic mass is 9.92. The molecule has 3 nitrogen and oxygen atoms in total. The summed E-state index contributed by atoms with van der Waals surface area (Å²) in [4.78, 5) is 12.7. The Hall–Kier alpha value is -1.45. The molecule has 1 aliphatic carbocycles. The normalized spacial score (nSPS) is 15.8. The maximum Gasteiger partial charge on any atom is 0.187 e. The number of hydrogen-bond donors (Lipinski definition) is 0. The number of unbranched alkanes of at least 4 members (excludes halogenated alkanes) is 2. The van der Waals surface area contributed by atoms with Crippen molar-refractivity contribution >= 4 is 5.78 Å². The second-order valence-electron chi connectivity index (χ2n) is 6.44. The molecular formula is C21H30O3. The Morgan fingerprint density at radius 2 is 2.00 bits per heavy atom. The minimum atomic E-state index is -0.350. The van der Waals surface area contributed by atoms with Crippen LogP contribution in [0.3, 0.4) is 0 Å². The maximum atomic E-state index is 12.7. The molecule has 0 spiro atoms. The quantitative estimate of drug-likeness (QED) is 0.413. The van der Waals surface area contributed by atoms with Crippen LogP contribution in [0.25, 0.3) is 0 Å². The molecule has 0 radical (unpaired) electrons. The molecule has 0 aromatic heterocycles. The van der Waals surface area contributed by atoms with E-state index in [2.05, 4.69) is 13.0 Å². The molecule has 0 fully saturated rings. The standard InChI is InChI=1S/C21H30O3/c1-2-3-6-15-20(21(22)19-13-9-5-10-14-19)24-17-23-16-18-11-7-4-8-12-18/h4,7-8,11-13,20H,2-3,5-6,9-10,14-17H2,1H3. The third-order valence-electron chi connectivity index (χ3n) is 4.43. The van der Waals surface area contributed by atoms with Gasteiger partial charge in [0, 0.05) is 0 Å². The first kappa shape index (κ1) is 18.9. The summed E-state index contributed by atoms with van der Waals surface area (Å²) in [5.74, 6) is 0.175. The number of carbonyl (C=O) groups is 1. The van der Waals surface area contributed by atoms with Gasteiger partial charge in [-0.1, -0.05) is 62.6 Å². The monoisotopic (exact) mass is 330 g/mol. The van der Waals surface area contributed by atoms with E-state index in [9.17, 15) is 4.79 Å². The Morgan fingerprint density at radius 3 is 2.71 bits per heavy atom. The molecule has 3 heteroatoms. The van der Waals surface area contributed by atoms with Gasteiger partial charge in [-0.15, -0.1) is 0 Å². The number of hydrogen-bond acceptors (Lipinski definition) is 3. The first-order valence-electron chi connectivity index (χ1n) is 9.27. The second-order valence-corrected chi connectivity index (χ2v) is 6.44. The average Bonchev–Trinajstić information content (AvgIpc) is 2.65. The Kier molecular flexibility index (Phi) is 8.78. The van der Waals surface area contributed by atoms with Gasteiger partial charge >= 0.3 is 0 Å².